The van der Waals surface area contributed by atoms with E-state index in [-0.39, 0.29) is 35.4 Å². The number of nitrogens with zero attached hydrogens (tertiary/aromatic N) is 3. The average Bonchev–Trinajstić information content (AvgIpc) is 2.40. The van der Waals surface area contributed by atoms with Gasteiger partial charge in [-0.25, -0.2) is 4.68 Å². The normalized spacial score (nSPS) is 15.1. The summed E-state index contributed by atoms with van der Waals surface area (Å²) in [5, 5.41) is 10.6. The number of aryl methyl sites for hydroxylation is 1. The van der Waals surface area contributed by atoms with Crippen LogP contribution in [0.2, 0.25) is 5.02 Å². The van der Waals surface area contributed by atoms with Gasteiger partial charge in [-0.1, -0.05) is 11.6 Å². The number of hydrogen-bond donors (Lipinski definition) is 2. The van der Waals surface area contributed by atoms with Crippen LogP contribution in [0.15, 0.2) is 11.0 Å². The molecule has 0 spiro atoms. The van der Waals surface area contributed by atoms with E-state index >= 15 is 0 Å². The minimum absolute atomic E-state index is 0. The fourth-order valence-corrected chi connectivity index (χ4v) is 2.16. The van der Waals surface area contributed by atoms with Gasteiger partial charge in [0.2, 0.25) is 0 Å². The van der Waals surface area contributed by atoms with Crippen LogP contribution in [-0.2, 0) is 7.05 Å². The summed E-state index contributed by atoms with van der Waals surface area (Å²) in [6.45, 7) is 5.89. The third-order valence-electron chi connectivity index (χ3n) is 3.03. The number of aromatic nitrogens is 2. The molecule has 0 amide bonds. The van der Waals surface area contributed by atoms with E-state index in [2.05, 4.69) is 20.6 Å². The Balaban J connectivity index is 0.00000180. The number of hydrogen-bond acceptors (Lipinski definition) is 5. The van der Waals surface area contributed by atoms with Crippen molar-refractivity contribution in [2.45, 2.75) is 0 Å². The zero-order chi connectivity index (χ0) is 13.0. The molecule has 0 unspecified atom stereocenters. The zero-order valence-corrected chi connectivity index (χ0v) is 13.7. The molecule has 6 nitrogen and oxygen atoms in total. The molecule has 0 saturated carbocycles. The highest BCUT2D eigenvalue weighted by molar-refractivity contribution is 6.32. The molecule has 2 heterocycles. The average molecular weight is 345 g/mol. The van der Waals surface area contributed by atoms with Crippen molar-refractivity contribution >= 4 is 42.1 Å². The van der Waals surface area contributed by atoms with Crippen LogP contribution >= 0.6 is 36.4 Å². The first-order chi connectivity index (χ1) is 8.68. The van der Waals surface area contributed by atoms with E-state index in [1.807, 2.05) is 0 Å². The second-order valence-electron chi connectivity index (χ2n) is 4.32. The van der Waals surface area contributed by atoms with E-state index in [9.17, 15) is 4.79 Å². The largest absolute Gasteiger partial charge is 0.381 e. The molecule has 116 valence electrons. The van der Waals surface area contributed by atoms with Crippen molar-refractivity contribution in [1.29, 1.82) is 0 Å². The predicted molar refractivity (Wildman–Crippen MR) is 86.8 cm³/mol. The van der Waals surface area contributed by atoms with Crippen LogP contribution in [0.25, 0.3) is 0 Å². The van der Waals surface area contributed by atoms with Crippen molar-refractivity contribution in [1.82, 2.24) is 20.0 Å². The lowest BCUT2D eigenvalue weighted by atomic mass is 10.3. The van der Waals surface area contributed by atoms with Crippen LogP contribution in [0.4, 0.5) is 5.69 Å². The Morgan fingerprint density at radius 3 is 2.70 bits per heavy atom. The van der Waals surface area contributed by atoms with Gasteiger partial charge in [0, 0.05) is 46.3 Å². The molecular weight excluding hydrogens is 325 g/mol. The summed E-state index contributed by atoms with van der Waals surface area (Å²) < 4.78 is 1.23. The molecular formula is C11H20Cl3N5O. The molecule has 2 rings (SSSR count). The molecule has 20 heavy (non-hydrogen) atoms. The lowest BCUT2D eigenvalue weighted by Crippen LogP contribution is -2.45. The predicted octanol–water partition coefficient (Wildman–Crippen LogP) is 0.594. The molecule has 0 aromatic carbocycles. The highest BCUT2D eigenvalue weighted by atomic mass is 35.5. The van der Waals surface area contributed by atoms with E-state index < -0.39 is 0 Å². The van der Waals surface area contributed by atoms with Crippen LogP contribution in [0.5, 0.6) is 0 Å². The standard InChI is InChI=1S/C11H18ClN5O.2ClH/c1-16-11(18)10(12)9(8-15-16)14-4-7-17-5-2-13-3-6-17;;/h8,13-14H,2-7H2,1H3;2*1H. The van der Waals surface area contributed by atoms with Crippen LogP contribution < -0.4 is 16.2 Å². The van der Waals surface area contributed by atoms with Crippen LogP contribution in [-0.4, -0.2) is 53.9 Å². The lowest BCUT2D eigenvalue weighted by molar-refractivity contribution is 0.249. The van der Waals surface area contributed by atoms with Gasteiger partial charge in [-0.05, 0) is 0 Å². The molecule has 2 N–H and O–H groups in total. The van der Waals surface area contributed by atoms with Gasteiger partial charge in [0.15, 0.2) is 0 Å². The molecule has 1 aliphatic rings. The smallest absolute Gasteiger partial charge is 0.287 e. The molecule has 1 saturated heterocycles. The second-order valence-corrected chi connectivity index (χ2v) is 4.70. The molecule has 9 heteroatoms. The summed E-state index contributed by atoms with van der Waals surface area (Å²) in [7, 11) is 1.58. The van der Waals surface area contributed by atoms with Crippen LogP contribution in [0.1, 0.15) is 0 Å². The molecule has 0 aliphatic carbocycles. The first-order valence-corrected chi connectivity index (χ1v) is 6.45. The molecule has 1 aliphatic heterocycles. The maximum atomic E-state index is 11.6. The summed E-state index contributed by atoms with van der Waals surface area (Å²) >= 11 is 5.96. The Kier molecular flexibility index (Phi) is 9.16. The van der Waals surface area contributed by atoms with E-state index in [1.165, 1.54) is 4.68 Å². The van der Waals surface area contributed by atoms with Gasteiger partial charge in [0.25, 0.3) is 5.56 Å². The number of anilines is 1. The summed E-state index contributed by atoms with van der Waals surface area (Å²) in [5.41, 5.74) is 0.332. The third kappa shape index (κ3) is 5.10. The van der Waals surface area contributed by atoms with Crippen molar-refractivity contribution in [2.75, 3.05) is 44.6 Å². The number of nitrogens with one attached hydrogen (secondary N) is 2. The van der Waals surface area contributed by atoms with Crippen LogP contribution in [0.3, 0.4) is 0 Å². The van der Waals surface area contributed by atoms with Gasteiger partial charge in [-0.2, -0.15) is 5.10 Å². The van der Waals surface area contributed by atoms with Crippen molar-refractivity contribution < 1.29 is 0 Å². The fraction of sp³-hybridized carbons (Fsp3) is 0.636. The van der Waals surface area contributed by atoms with Crippen molar-refractivity contribution in [3.05, 3.63) is 21.6 Å². The molecule has 1 aromatic heterocycles. The Bertz CT molecular complexity index is 462. The first-order valence-electron chi connectivity index (χ1n) is 6.07. The second kappa shape index (κ2) is 9.41. The molecule has 1 fully saturated rings. The SMILES string of the molecule is Cl.Cl.Cn1ncc(NCCN2CCNCC2)c(Cl)c1=O. The fourth-order valence-electron chi connectivity index (χ4n) is 1.92. The highest BCUT2D eigenvalue weighted by Crippen LogP contribution is 2.14. The topological polar surface area (TPSA) is 62.2 Å². The Morgan fingerprint density at radius 2 is 2.05 bits per heavy atom. The van der Waals surface area contributed by atoms with Gasteiger partial charge in [-0.15, -0.1) is 24.8 Å². The van der Waals surface area contributed by atoms with Gasteiger partial charge in [0.1, 0.15) is 5.02 Å². The van der Waals surface area contributed by atoms with Gasteiger partial charge in [0.05, 0.1) is 11.9 Å². The van der Waals surface area contributed by atoms with Gasteiger partial charge >= 0.3 is 0 Å². The zero-order valence-electron chi connectivity index (χ0n) is 11.3. The monoisotopic (exact) mass is 343 g/mol. The van der Waals surface area contributed by atoms with Gasteiger partial charge in [-0.3, -0.25) is 9.69 Å². The number of rotatable bonds is 4. The minimum atomic E-state index is -0.274. The van der Waals surface area contributed by atoms with Crippen molar-refractivity contribution in [3.8, 4) is 0 Å². The molecule has 0 bridgehead atoms. The maximum Gasteiger partial charge on any atom is 0.287 e. The molecule has 1 aromatic rings. The van der Waals surface area contributed by atoms with Crippen LogP contribution in [0, 0.1) is 0 Å². The Morgan fingerprint density at radius 1 is 1.40 bits per heavy atom. The molecule has 0 atom stereocenters. The third-order valence-corrected chi connectivity index (χ3v) is 3.40. The lowest BCUT2D eigenvalue weighted by Gasteiger charge is -2.27. The highest BCUT2D eigenvalue weighted by Gasteiger charge is 2.10. The maximum absolute atomic E-state index is 11.6. The van der Waals surface area contributed by atoms with E-state index in [4.69, 9.17) is 11.6 Å². The first kappa shape index (κ1) is 19.5. The minimum Gasteiger partial charge on any atom is -0.381 e. The quantitative estimate of drug-likeness (QED) is 0.837. The van der Waals surface area contributed by atoms with E-state index in [1.54, 1.807) is 13.2 Å². The summed E-state index contributed by atoms with van der Waals surface area (Å²) in [6, 6.07) is 0. The summed E-state index contributed by atoms with van der Waals surface area (Å²) in [5.74, 6) is 0. The summed E-state index contributed by atoms with van der Waals surface area (Å²) in [6.07, 6.45) is 1.58. The Hall–Kier alpha value is -0.530. The summed E-state index contributed by atoms with van der Waals surface area (Å²) in [4.78, 5) is 13.9. The number of piperazine rings is 1. The number of halogens is 3. The van der Waals surface area contributed by atoms with Crippen molar-refractivity contribution in [3.63, 3.8) is 0 Å². The van der Waals surface area contributed by atoms with Crippen molar-refractivity contribution in [2.24, 2.45) is 7.05 Å². The van der Waals surface area contributed by atoms with E-state index in [0.717, 1.165) is 39.3 Å². The Labute approximate surface area is 135 Å². The van der Waals surface area contributed by atoms with Gasteiger partial charge < -0.3 is 10.6 Å². The van der Waals surface area contributed by atoms with E-state index in [0.29, 0.717) is 5.69 Å². The molecule has 0 radical (unpaired) electrons.